The lowest BCUT2D eigenvalue weighted by Gasteiger charge is -2.38. The van der Waals surface area contributed by atoms with E-state index < -0.39 is 5.60 Å². The summed E-state index contributed by atoms with van der Waals surface area (Å²) in [7, 11) is 0. The Kier molecular flexibility index (Phi) is 5.37. The van der Waals surface area contributed by atoms with Crippen molar-refractivity contribution in [3.05, 3.63) is 58.5 Å². The van der Waals surface area contributed by atoms with E-state index in [2.05, 4.69) is 10.5 Å². The van der Waals surface area contributed by atoms with Crippen LogP contribution in [0.25, 0.3) is 0 Å². The van der Waals surface area contributed by atoms with Gasteiger partial charge >= 0.3 is 0 Å². The highest BCUT2D eigenvalue weighted by atomic mass is 16.7. The average Bonchev–Trinajstić information content (AvgIpc) is 3.29. The summed E-state index contributed by atoms with van der Waals surface area (Å²) in [4.78, 5) is 33.1. The highest BCUT2D eigenvalue weighted by Gasteiger charge is 2.45. The molecule has 0 aliphatic carbocycles. The topological polar surface area (TPSA) is 84.1 Å². The molecule has 30 heavy (non-hydrogen) atoms. The highest BCUT2D eigenvalue weighted by molar-refractivity contribution is 6.39. The maximum absolute atomic E-state index is 13.0. The van der Waals surface area contributed by atoms with Crippen LogP contribution in [0, 0.1) is 20.8 Å². The summed E-state index contributed by atoms with van der Waals surface area (Å²) in [6, 6.07) is 9.80. The Morgan fingerprint density at radius 2 is 1.97 bits per heavy atom. The van der Waals surface area contributed by atoms with Gasteiger partial charge in [0.1, 0.15) is 17.2 Å². The van der Waals surface area contributed by atoms with Gasteiger partial charge in [0.05, 0.1) is 12.1 Å². The average molecular weight is 409 g/mol. The number of nitrogens with one attached hydrogen (secondary N) is 1. The van der Waals surface area contributed by atoms with E-state index in [-0.39, 0.29) is 11.8 Å². The van der Waals surface area contributed by atoms with Gasteiger partial charge in [-0.3, -0.25) is 9.59 Å². The van der Waals surface area contributed by atoms with Crippen LogP contribution >= 0.6 is 0 Å². The molecular formula is C23H27N3O4. The molecule has 1 unspecified atom stereocenters. The van der Waals surface area contributed by atoms with Crippen molar-refractivity contribution < 1.29 is 18.8 Å². The van der Waals surface area contributed by atoms with Crippen LogP contribution in [0.1, 0.15) is 52.3 Å². The molecule has 1 spiro atoms. The van der Waals surface area contributed by atoms with Crippen LogP contribution < -0.4 is 5.32 Å². The zero-order chi connectivity index (χ0) is 21.3. The number of hydrogen-bond donors (Lipinski definition) is 1. The highest BCUT2D eigenvalue weighted by Crippen LogP contribution is 2.34. The Morgan fingerprint density at radius 3 is 2.67 bits per heavy atom. The Morgan fingerprint density at radius 1 is 1.20 bits per heavy atom. The molecule has 7 nitrogen and oxygen atoms in total. The van der Waals surface area contributed by atoms with E-state index in [0.717, 1.165) is 24.2 Å². The van der Waals surface area contributed by atoms with E-state index in [4.69, 9.17) is 9.25 Å². The van der Waals surface area contributed by atoms with Crippen LogP contribution in [-0.2, 0) is 16.2 Å². The van der Waals surface area contributed by atoms with E-state index in [0.29, 0.717) is 43.1 Å². The van der Waals surface area contributed by atoms with Crippen LogP contribution in [-0.4, -0.2) is 41.1 Å². The van der Waals surface area contributed by atoms with E-state index in [1.54, 1.807) is 17.9 Å². The first kappa shape index (κ1) is 20.2. The predicted molar refractivity (Wildman–Crippen MR) is 112 cm³/mol. The SMILES string of the molecule is Cc1ccc(CNC(=O)C2=NOC3(CCCN(C(=O)c4cc(C)oc4C)C3)C2)cc1. The van der Waals surface area contributed by atoms with Gasteiger partial charge in [-0.25, -0.2) is 0 Å². The summed E-state index contributed by atoms with van der Waals surface area (Å²) in [5.41, 5.74) is 2.55. The summed E-state index contributed by atoms with van der Waals surface area (Å²) in [5.74, 6) is 1.05. The first-order valence-corrected chi connectivity index (χ1v) is 10.3. The van der Waals surface area contributed by atoms with Gasteiger partial charge in [0, 0.05) is 19.5 Å². The minimum Gasteiger partial charge on any atom is -0.466 e. The molecule has 7 heteroatoms. The second kappa shape index (κ2) is 7.97. The summed E-state index contributed by atoms with van der Waals surface area (Å²) >= 11 is 0. The Hall–Kier alpha value is -3.09. The van der Waals surface area contributed by atoms with Crippen molar-refractivity contribution in [1.29, 1.82) is 0 Å². The van der Waals surface area contributed by atoms with Gasteiger partial charge in [0.2, 0.25) is 0 Å². The number of amides is 2. The molecule has 1 saturated heterocycles. The quantitative estimate of drug-likeness (QED) is 0.840. The third kappa shape index (κ3) is 4.10. The normalized spacial score (nSPS) is 20.8. The predicted octanol–water partition coefficient (Wildman–Crippen LogP) is 3.27. The molecule has 4 rings (SSSR count). The third-order valence-electron chi connectivity index (χ3n) is 5.77. The molecule has 1 fully saturated rings. The molecule has 2 amide bonds. The second-order valence-corrected chi connectivity index (χ2v) is 8.31. The number of likely N-dealkylation sites (tertiary alicyclic amines) is 1. The summed E-state index contributed by atoms with van der Waals surface area (Å²) < 4.78 is 5.51. The summed E-state index contributed by atoms with van der Waals surface area (Å²) in [6.07, 6.45) is 1.97. The Balaban J connectivity index is 1.36. The number of oxime groups is 1. The molecule has 2 aliphatic rings. The van der Waals surface area contributed by atoms with E-state index in [1.807, 2.05) is 38.1 Å². The molecule has 1 atom stereocenters. The van der Waals surface area contributed by atoms with Gasteiger partial charge in [-0.2, -0.15) is 0 Å². The lowest BCUT2D eigenvalue weighted by Crippen LogP contribution is -2.51. The number of carbonyl (C=O) groups is 2. The smallest absolute Gasteiger partial charge is 0.269 e. The molecule has 0 saturated carbocycles. The zero-order valence-electron chi connectivity index (χ0n) is 17.7. The van der Waals surface area contributed by atoms with E-state index in [9.17, 15) is 9.59 Å². The molecule has 2 aliphatic heterocycles. The van der Waals surface area contributed by atoms with Crippen molar-refractivity contribution in [2.45, 2.75) is 52.2 Å². The molecule has 0 radical (unpaired) electrons. The van der Waals surface area contributed by atoms with Crippen LogP contribution in [0.4, 0.5) is 0 Å². The van der Waals surface area contributed by atoms with Crippen molar-refractivity contribution in [3.63, 3.8) is 0 Å². The molecule has 1 N–H and O–H groups in total. The van der Waals surface area contributed by atoms with Crippen LogP contribution in [0.2, 0.25) is 0 Å². The number of piperidine rings is 1. The standard InChI is InChI=1S/C23H27N3O4/c1-15-5-7-18(8-6-15)13-24-21(27)20-12-23(30-25-20)9-4-10-26(14-23)22(28)19-11-16(2)29-17(19)3/h5-8,11H,4,9-10,12-14H2,1-3H3,(H,24,27). The Bertz CT molecular complexity index is 992. The second-order valence-electron chi connectivity index (χ2n) is 8.31. The summed E-state index contributed by atoms with van der Waals surface area (Å²) in [6.45, 7) is 7.16. The summed E-state index contributed by atoms with van der Waals surface area (Å²) in [5, 5.41) is 6.99. The lowest BCUT2D eigenvalue weighted by atomic mass is 9.87. The first-order valence-electron chi connectivity index (χ1n) is 10.3. The fourth-order valence-electron chi connectivity index (χ4n) is 4.14. The van der Waals surface area contributed by atoms with E-state index in [1.165, 1.54) is 5.56 Å². The van der Waals surface area contributed by atoms with Gasteiger partial charge in [-0.1, -0.05) is 35.0 Å². The molecular weight excluding hydrogens is 382 g/mol. The molecule has 2 aromatic rings. The fraction of sp³-hybridized carbons (Fsp3) is 0.435. The van der Waals surface area contributed by atoms with Gasteiger partial charge in [0.15, 0.2) is 5.60 Å². The van der Waals surface area contributed by atoms with E-state index >= 15 is 0 Å². The van der Waals surface area contributed by atoms with Crippen molar-refractivity contribution in [2.75, 3.05) is 13.1 Å². The van der Waals surface area contributed by atoms with Crippen LogP contribution in [0.5, 0.6) is 0 Å². The Labute approximate surface area is 176 Å². The van der Waals surface area contributed by atoms with Crippen LogP contribution in [0.15, 0.2) is 39.9 Å². The third-order valence-corrected chi connectivity index (χ3v) is 5.77. The molecule has 3 heterocycles. The van der Waals surface area contributed by atoms with Crippen LogP contribution in [0.3, 0.4) is 0 Å². The van der Waals surface area contributed by atoms with Gasteiger partial charge in [-0.05, 0) is 45.2 Å². The maximum Gasteiger partial charge on any atom is 0.269 e. The lowest BCUT2D eigenvalue weighted by molar-refractivity contribution is -0.115. The number of nitrogens with zero attached hydrogens (tertiary/aromatic N) is 2. The number of furan rings is 1. The zero-order valence-corrected chi connectivity index (χ0v) is 17.7. The van der Waals surface area contributed by atoms with Crippen molar-refractivity contribution in [3.8, 4) is 0 Å². The van der Waals surface area contributed by atoms with Gasteiger partial charge in [-0.15, -0.1) is 0 Å². The molecule has 158 valence electrons. The fourth-order valence-corrected chi connectivity index (χ4v) is 4.14. The maximum atomic E-state index is 13.0. The molecule has 1 aromatic heterocycles. The molecule has 0 bridgehead atoms. The largest absolute Gasteiger partial charge is 0.466 e. The number of rotatable bonds is 4. The van der Waals surface area contributed by atoms with Crippen molar-refractivity contribution in [2.24, 2.45) is 5.16 Å². The first-order chi connectivity index (χ1) is 14.3. The molecule has 1 aromatic carbocycles. The van der Waals surface area contributed by atoms with Crippen molar-refractivity contribution >= 4 is 17.5 Å². The number of hydrogen-bond acceptors (Lipinski definition) is 5. The monoisotopic (exact) mass is 409 g/mol. The number of carbonyl (C=O) groups excluding carboxylic acids is 2. The van der Waals surface area contributed by atoms with Gasteiger partial charge in [0.25, 0.3) is 11.8 Å². The van der Waals surface area contributed by atoms with Crippen molar-refractivity contribution in [1.82, 2.24) is 10.2 Å². The number of benzene rings is 1. The minimum absolute atomic E-state index is 0.0655. The number of aryl methyl sites for hydroxylation is 3. The van der Waals surface area contributed by atoms with Gasteiger partial charge < -0.3 is 19.5 Å². The minimum atomic E-state index is -0.628.